The van der Waals surface area contributed by atoms with E-state index in [2.05, 4.69) is 32.8 Å². The second-order valence-corrected chi connectivity index (χ2v) is 4.82. The summed E-state index contributed by atoms with van der Waals surface area (Å²) in [6.07, 6.45) is 3.94. The Hall–Kier alpha value is -0.990. The average Bonchev–Trinajstić information content (AvgIpc) is 2.47. The summed E-state index contributed by atoms with van der Waals surface area (Å²) in [7, 11) is 0. The topological polar surface area (TPSA) is 38.0 Å². The van der Waals surface area contributed by atoms with E-state index < -0.39 is 0 Å². The molecule has 0 saturated heterocycles. The Balaban J connectivity index is 2.99. The fourth-order valence-electron chi connectivity index (χ4n) is 1.96. The number of aryl methyl sites for hydroxylation is 1. The molecule has 1 aromatic heterocycles. The van der Waals surface area contributed by atoms with Gasteiger partial charge in [-0.05, 0) is 25.2 Å². The van der Waals surface area contributed by atoms with Crippen LogP contribution < -0.4 is 0 Å². The maximum atomic E-state index is 10.1. The van der Waals surface area contributed by atoms with Gasteiger partial charge < -0.3 is 5.11 Å². The highest BCUT2D eigenvalue weighted by Gasteiger charge is 2.16. The molecule has 16 heavy (non-hydrogen) atoms. The minimum atomic E-state index is 0.388. The molecule has 0 amide bonds. The molecule has 0 aliphatic rings. The van der Waals surface area contributed by atoms with Crippen molar-refractivity contribution in [1.29, 1.82) is 0 Å². The van der Waals surface area contributed by atoms with Gasteiger partial charge in [0.1, 0.15) is 0 Å². The molecule has 0 unspecified atom stereocenters. The number of hydrogen-bond donors (Lipinski definition) is 1. The molecule has 0 aliphatic carbocycles. The van der Waals surface area contributed by atoms with E-state index in [9.17, 15) is 5.11 Å². The van der Waals surface area contributed by atoms with E-state index in [4.69, 9.17) is 0 Å². The largest absolute Gasteiger partial charge is 0.493 e. The lowest BCUT2D eigenvalue weighted by Crippen LogP contribution is -2.01. The molecule has 0 fully saturated rings. The van der Waals surface area contributed by atoms with Gasteiger partial charge in [-0.3, -0.25) is 0 Å². The van der Waals surface area contributed by atoms with Crippen molar-refractivity contribution >= 4 is 0 Å². The minimum Gasteiger partial charge on any atom is -0.493 e. The van der Waals surface area contributed by atoms with E-state index in [1.54, 1.807) is 4.68 Å². The molecule has 0 aromatic carbocycles. The van der Waals surface area contributed by atoms with E-state index in [0.717, 1.165) is 43.5 Å². The fraction of sp³-hybridized carbons (Fsp3) is 0.769. The zero-order chi connectivity index (χ0) is 12.1. The van der Waals surface area contributed by atoms with Crippen LogP contribution in [-0.4, -0.2) is 14.9 Å². The van der Waals surface area contributed by atoms with E-state index in [1.165, 1.54) is 0 Å². The normalized spacial score (nSPS) is 11.3. The van der Waals surface area contributed by atoms with Crippen molar-refractivity contribution in [2.75, 3.05) is 0 Å². The van der Waals surface area contributed by atoms with Gasteiger partial charge in [0.05, 0.1) is 5.69 Å². The Morgan fingerprint density at radius 1 is 1.25 bits per heavy atom. The lowest BCUT2D eigenvalue weighted by Gasteiger charge is -2.03. The van der Waals surface area contributed by atoms with Gasteiger partial charge >= 0.3 is 0 Å². The van der Waals surface area contributed by atoms with E-state index in [1.807, 2.05) is 0 Å². The Bertz CT molecular complexity index is 329. The third kappa shape index (κ3) is 3.00. The number of aromatic hydroxyl groups is 1. The van der Waals surface area contributed by atoms with Gasteiger partial charge in [0.2, 0.25) is 5.88 Å². The van der Waals surface area contributed by atoms with Crippen LogP contribution in [0, 0.1) is 5.92 Å². The van der Waals surface area contributed by atoms with E-state index >= 15 is 0 Å². The summed E-state index contributed by atoms with van der Waals surface area (Å²) in [6, 6.07) is 0. The number of nitrogens with zero attached hydrogens (tertiary/aromatic N) is 2. The molecule has 0 atom stereocenters. The fourth-order valence-corrected chi connectivity index (χ4v) is 1.96. The standard InChI is InChI=1S/C13H24N2O/c1-5-7-11-12(9-10(3)4)14-15(8-6-2)13(11)16/h10,16H,5-9H2,1-4H3. The summed E-state index contributed by atoms with van der Waals surface area (Å²) in [5.41, 5.74) is 2.15. The predicted molar refractivity (Wildman–Crippen MR) is 66.7 cm³/mol. The van der Waals surface area contributed by atoms with Gasteiger partial charge in [-0.25, -0.2) is 4.68 Å². The summed E-state index contributed by atoms with van der Waals surface area (Å²) >= 11 is 0. The average molecular weight is 224 g/mol. The van der Waals surface area contributed by atoms with Crippen molar-refractivity contribution in [3.8, 4) is 5.88 Å². The van der Waals surface area contributed by atoms with Crippen LogP contribution in [0.4, 0.5) is 0 Å². The molecule has 0 saturated carbocycles. The Morgan fingerprint density at radius 2 is 1.94 bits per heavy atom. The highest BCUT2D eigenvalue weighted by atomic mass is 16.3. The first-order valence-electron chi connectivity index (χ1n) is 6.37. The number of hydrogen-bond acceptors (Lipinski definition) is 2. The molecule has 0 radical (unpaired) electrons. The van der Waals surface area contributed by atoms with Gasteiger partial charge in [0, 0.05) is 12.1 Å². The summed E-state index contributed by atoms with van der Waals surface area (Å²) in [5, 5.41) is 14.6. The molecule has 0 spiro atoms. The van der Waals surface area contributed by atoms with Gasteiger partial charge in [0.15, 0.2) is 0 Å². The van der Waals surface area contributed by atoms with Gasteiger partial charge in [-0.1, -0.05) is 34.1 Å². The first kappa shape index (κ1) is 13.1. The summed E-state index contributed by atoms with van der Waals surface area (Å²) in [5.74, 6) is 0.972. The van der Waals surface area contributed by atoms with Crippen molar-refractivity contribution in [3.05, 3.63) is 11.3 Å². The zero-order valence-electron chi connectivity index (χ0n) is 11.0. The SMILES string of the molecule is CCCc1c(CC(C)C)nn(CCC)c1O. The number of aromatic nitrogens is 2. The van der Waals surface area contributed by atoms with Crippen molar-refractivity contribution in [2.24, 2.45) is 5.92 Å². The first-order chi connectivity index (χ1) is 7.60. The highest BCUT2D eigenvalue weighted by molar-refractivity contribution is 5.31. The maximum absolute atomic E-state index is 10.1. The van der Waals surface area contributed by atoms with Crippen LogP contribution in [0.15, 0.2) is 0 Å². The second kappa shape index (κ2) is 5.92. The molecule has 1 rings (SSSR count). The van der Waals surface area contributed by atoms with Crippen LogP contribution in [0.2, 0.25) is 0 Å². The third-order valence-electron chi connectivity index (χ3n) is 2.64. The molecular formula is C13H24N2O. The Kier molecular flexibility index (Phi) is 4.84. The third-order valence-corrected chi connectivity index (χ3v) is 2.64. The Labute approximate surface area is 98.5 Å². The molecule has 3 heteroatoms. The highest BCUT2D eigenvalue weighted by Crippen LogP contribution is 2.25. The summed E-state index contributed by atoms with van der Waals surface area (Å²) in [4.78, 5) is 0. The Morgan fingerprint density at radius 3 is 2.44 bits per heavy atom. The first-order valence-corrected chi connectivity index (χ1v) is 6.37. The number of rotatable bonds is 6. The molecule has 92 valence electrons. The van der Waals surface area contributed by atoms with Crippen molar-refractivity contribution < 1.29 is 5.11 Å². The molecule has 1 N–H and O–H groups in total. The van der Waals surface area contributed by atoms with Crippen molar-refractivity contribution in [1.82, 2.24) is 9.78 Å². The zero-order valence-corrected chi connectivity index (χ0v) is 11.0. The van der Waals surface area contributed by atoms with Gasteiger partial charge in [-0.15, -0.1) is 0 Å². The maximum Gasteiger partial charge on any atom is 0.212 e. The van der Waals surface area contributed by atoms with Crippen LogP contribution in [0.3, 0.4) is 0 Å². The second-order valence-electron chi connectivity index (χ2n) is 4.82. The molecule has 3 nitrogen and oxygen atoms in total. The van der Waals surface area contributed by atoms with Crippen molar-refractivity contribution in [2.45, 2.75) is 59.9 Å². The lowest BCUT2D eigenvalue weighted by molar-refractivity contribution is 0.392. The van der Waals surface area contributed by atoms with E-state index in [-0.39, 0.29) is 0 Å². The minimum absolute atomic E-state index is 0.388. The molecular weight excluding hydrogens is 200 g/mol. The van der Waals surface area contributed by atoms with E-state index in [0.29, 0.717) is 11.8 Å². The summed E-state index contributed by atoms with van der Waals surface area (Å²) in [6.45, 7) is 9.41. The smallest absolute Gasteiger partial charge is 0.212 e. The van der Waals surface area contributed by atoms with Crippen LogP contribution in [0.25, 0.3) is 0 Å². The molecule has 0 bridgehead atoms. The van der Waals surface area contributed by atoms with Crippen molar-refractivity contribution in [3.63, 3.8) is 0 Å². The van der Waals surface area contributed by atoms with Crippen LogP contribution in [0.5, 0.6) is 5.88 Å². The van der Waals surface area contributed by atoms with Crippen LogP contribution >= 0.6 is 0 Å². The lowest BCUT2D eigenvalue weighted by atomic mass is 10.0. The van der Waals surface area contributed by atoms with Gasteiger partial charge in [-0.2, -0.15) is 5.10 Å². The van der Waals surface area contributed by atoms with Crippen LogP contribution in [-0.2, 0) is 19.4 Å². The quantitative estimate of drug-likeness (QED) is 0.806. The van der Waals surface area contributed by atoms with Crippen LogP contribution in [0.1, 0.15) is 51.8 Å². The predicted octanol–water partition coefficient (Wildman–Crippen LogP) is 3.15. The molecule has 1 aromatic rings. The monoisotopic (exact) mass is 224 g/mol. The summed E-state index contributed by atoms with van der Waals surface area (Å²) < 4.78 is 1.75. The molecule has 1 heterocycles. The molecule has 0 aliphatic heterocycles. The van der Waals surface area contributed by atoms with Gasteiger partial charge in [0.25, 0.3) is 0 Å².